The second-order valence-electron chi connectivity index (χ2n) is 7.28. The maximum Gasteiger partial charge on any atom is 0.243 e. The second kappa shape index (κ2) is 9.12. The molecule has 1 aromatic rings. The van der Waals surface area contributed by atoms with Gasteiger partial charge in [0.05, 0.1) is 11.4 Å². The fraction of sp³-hybridized carbons (Fsp3) is 0.632. The fourth-order valence-corrected chi connectivity index (χ4v) is 5.09. The summed E-state index contributed by atoms with van der Waals surface area (Å²) in [4.78, 5) is 16.7. The Balaban J connectivity index is 1.52. The molecule has 0 N–H and O–H groups in total. The summed E-state index contributed by atoms with van der Waals surface area (Å²) in [5, 5.41) is 0. The van der Waals surface area contributed by atoms with Gasteiger partial charge in [-0.2, -0.15) is 4.31 Å². The highest BCUT2D eigenvalue weighted by Crippen LogP contribution is 2.18. The van der Waals surface area contributed by atoms with Crippen molar-refractivity contribution in [2.75, 3.05) is 45.8 Å². The second-order valence-corrected chi connectivity index (χ2v) is 9.22. The van der Waals surface area contributed by atoms with Crippen LogP contribution in [0.3, 0.4) is 0 Å². The third kappa shape index (κ3) is 5.27. The first-order chi connectivity index (χ1) is 13.0. The Hall–Kier alpha value is -1.51. The largest absolute Gasteiger partial charge is 0.342 e. The summed E-state index contributed by atoms with van der Waals surface area (Å²) in [7, 11) is -3.62. The minimum Gasteiger partial charge on any atom is -0.342 e. The number of piperazine rings is 1. The monoisotopic (exact) mass is 397 g/mol. The van der Waals surface area contributed by atoms with Crippen molar-refractivity contribution < 1.29 is 17.6 Å². The molecule has 27 heavy (non-hydrogen) atoms. The van der Waals surface area contributed by atoms with Gasteiger partial charge in [-0.3, -0.25) is 9.69 Å². The number of nitrogens with zero attached hydrogens (tertiary/aromatic N) is 3. The molecule has 2 fully saturated rings. The standard InChI is InChI=1S/C19H28FN3O3S/c20-17-6-8-18(9-7-17)27(25,26)23-14-12-21(13-15-23)16-19(24)22-10-4-2-1-3-5-11-22/h6-9H,1-5,10-16H2. The maximum absolute atomic E-state index is 13.0. The molecule has 8 heteroatoms. The normalized spacial score (nSPS) is 20.9. The summed E-state index contributed by atoms with van der Waals surface area (Å²) >= 11 is 0. The van der Waals surface area contributed by atoms with Crippen molar-refractivity contribution in [2.24, 2.45) is 0 Å². The number of hydrogen-bond acceptors (Lipinski definition) is 4. The van der Waals surface area contributed by atoms with Crippen molar-refractivity contribution in [2.45, 2.75) is 37.0 Å². The Kier molecular flexibility index (Phi) is 6.83. The van der Waals surface area contributed by atoms with Crippen molar-refractivity contribution in [1.29, 1.82) is 0 Å². The number of hydrogen-bond donors (Lipinski definition) is 0. The summed E-state index contributed by atoms with van der Waals surface area (Å²) in [6.45, 7) is 3.75. The van der Waals surface area contributed by atoms with E-state index in [2.05, 4.69) is 0 Å². The molecule has 0 radical (unpaired) electrons. The van der Waals surface area contributed by atoms with Crippen LogP contribution >= 0.6 is 0 Å². The number of carbonyl (C=O) groups is 1. The van der Waals surface area contributed by atoms with Crippen LogP contribution in [0.5, 0.6) is 0 Å². The third-order valence-corrected chi connectivity index (χ3v) is 7.26. The molecule has 3 rings (SSSR count). The zero-order valence-corrected chi connectivity index (χ0v) is 16.5. The van der Waals surface area contributed by atoms with Crippen LogP contribution in [0.15, 0.2) is 29.2 Å². The first-order valence-electron chi connectivity index (χ1n) is 9.73. The molecule has 2 saturated heterocycles. The number of halogens is 1. The van der Waals surface area contributed by atoms with Crippen molar-refractivity contribution in [3.8, 4) is 0 Å². The maximum atomic E-state index is 13.0. The van der Waals surface area contributed by atoms with Crippen molar-refractivity contribution in [3.63, 3.8) is 0 Å². The summed E-state index contributed by atoms with van der Waals surface area (Å²) in [6.07, 6.45) is 5.75. The Morgan fingerprint density at radius 3 is 2.00 bits per heavy atom. The summed E-state index contributed by atoms with van der Waals surface area (Å²) in [6, 6.07) is 4.90. The van der Waals surface area contributed by atoms with Crippen LogP contribution < -0.4 is 0 Å². The number of amides is 1. The molecule has 0 unspecified atom stereocenters. The number of sulfonamides is 1. The van der Waals surface area contributed by atoms with Gasteiger partial charge in [0, 0.05) is 39.3 Å². The van der Waals surface area contributed by atoms with Gasteiger partial charge in [-0.05, 0) is 37.1 Å². The smallest absolute Gasteiger partial charge is 0.243 e. The Bertz CT molecular complexity index is 723. The fourth-order valence-electron chi connectivity index (χ4n) is 3.67. The van der Waals surface area contributed by atoms with Gasteiger partial charge in [-0.1, -0.05) is 19.3 Å². The predicted molar refractivity (Wildman–Crippen MR) is 101 cm³/mol. The van der Waals surface area contributed by atoms with E-state index in [1.807, 2.05) is 9.80 Å². The first-order valence-corrected chi connectivity index (χ1v) is 11.2. The SMILES string of the molecule is O=C(CN1CCN(S(=O)(=O)c2ccc(F)cc2)CC1)N1CCCCCCC1. The number of rotatable bonds is 4. The van der Waals surface area contributed by atoms with Gasteiger partial charge in [-0.25, -0.2) is 12.8 Å². The molecule has 0 atom stereocenters. The van der Waals surface area contributed by atoms with E-state index in [1.54, 1.807) is 0 Å². The topological polar surface area (TPSA) is 60.9 Å². The highest BCUT2D eigenvalue weighted by Gasteiger charge is 2.29. The van der Waals surface area contributed by atoms with Crippen LogP contribution in [0.1, 0.15) is 32.1 Å². The highest BCUT2D eigenvalue weighted by molar-refractivity contribution is 7.89. The average molecular weight is 398 g/mol. The molecule has 2 aliphatic rings. The third-order valence-electron chi connectivity index (χ3n) is 5.35. The molecular weight excluding hydrogens is 369 g/mol. The van der Waals surface area contributed by atoms with E-state index in [4.69, 9.17) is 0 Å². The number of carbonyl (C=O) groups excluding carboxylic acids is 1. The van der Waals surface area contributed by atoms with Crippen molar-refractivity contribution in [1.82, 2.24) is 14.1 Å². The summed E-state index contributed by atoms with van der Waals surface area (Å²) < 4.78 is 39.8. The number of likely N-dealkylation sites (tertiary alicyclic amines) is 1. The van der Waals surface area contributed by atoms with E-state index in [0.29, 0.717) is 32.7 Å². The highest BCUT2D eigenvalue weighted by atomic mass is 32.2. The number of benzene rings is 1. The van der Waals surface area contributed by atoms with E-state index in [-0.39, 0.29) is 10.8 Å². The van der Waals surface area contributed by atoms with Crippen LogP contribution in [0.4, 0.5) is 4.39 Å². The van der Waals surface area contributed by atoms with E-state index >= 15 is 0 Å². The van der Waals surface area contributed by atoms with Crippen LogP contribution in [0.25, 0.3) is 0 Å². The molecule has 1 amide bonds. The van der Waals surface area contributed by atoms with E-state index < -0.39 is 15.8 Å². The molecule has 0 aromatic heterocycles. The van der Waals surface area contributed by atoms with E-state index in [0.717, 1.165) is 38.1 Å². The van der Waals surface area contributed by atoms with E-state index in [9.17, 15) is 17.6 Å². The molecule has 2 aliphatic heterocycles. The van der Waals surface area contributed by atoms with Gasteiger partial charge >= 0.3 is 0 Å². The van der Waals surface area contributed by atoms with Gasteiger partial charge in [0.25, 0.3) is 0 Å². The van der Waals surface area contributed by atoms with Gasteiger partial charge in [0.15, 0.2) is 0 Å². The molecule has 1 aromatic carbocycles. The van der Waals surface area contributed by atoms with Gasteiger partial charge < -0.3 is 4.90 Å². The lowest BCUT2D eigenvalue weighted by atomic mass is 10.1. The molecule has 0 spiro atoms. The summed E-state index contributed by atoms with van der Waals surface area (Å²) in [5.41, 5.74) is 0. The van der Waals surface area contributed by atoms with Crippen molar-refractivity contribution >= 4 is 15.9 Å². The van der Waals surface area contributed by atoms with Crippen LogP contribution in [-0.2, 0) is 14.8 Å². The Morgan fingerprint density at radius 2 is 1.41 bits per heavy atom. The van der Waals surface area contributed by atoms with Crippen LogP contribution in [0, 0.1) is 5.82 Å². The average Bonchev–Trinajstić information content (AvgIpc) is 2.62. The van der Waals surface area contributed by atoms with Crippen molar-refractivity contribution in [3.05, 3.63) is 30.1 Å². The Labute approximate surface area is 161 Å². The summed E-state index contributed by atoms with van der Waals surface area (Å²) in [5.74, 6) is -0.312. The van der Waals surface area contributed by atoms with E-state index in [1.165, 1.54) is 35.7 Å². The van der Waals surface area contributed by atoms with Gasteiger partial charge in [0.2, 0.25) is 15.9 Å². The Morgan fingerprint density at radius 1 is 0.852 bits per heavy atom. The minimum atomic E-state index is -3.62. The molecule has 150 valence electrons. The zero-order valence-electron chi connectivity index (χ0n) is 15.6. The zero-order chi connectivity index (χ0) is 19.3. The minimum absolute atomic E-state index is 0.106. The predicted octanol–water partition coefficient (Wildman–Crippen LogP) is 1.92. The first kappa shape index (κ1) is 20.2. The quantitative estimate of drug-likeness (QED) is 0.779. The van der Waals surface area contributed by atoms with Gasteiger partial charge in [0.1, 0.15) is 5.82 Å². The molecule has 0 bridgehead atoms. The lowest BCUT2D eigenvalue weighted by Crippen LogP contribution is -2.51. The molecule has 2 heterocycles. The molecule has 6 nitrogen and oxygen atoms in total. The van der Waals surface area contributed by atoms with Crippen LogP contribution in [-0.4, -0.2) is 74.2 Å². The van der Waals surface area contributed by atoms with Gasteiger partial charge in [-0.15, -0.1) is 0 Å². The lowest BCUT2D eigenvalue weighted by molar-refractivity contribution is -0.133. The van der Waals surface area contributed by atoms with Crippen LogP contribution in [0.2, 0.25) is 0 Å². The molecule has 0 aliphatic carbocycles. The molecular formula is C19H28FN3O3S. The molecule has 0 saturated carbocycles. The lowest BCUT2D eigenvalue weighted by Gasteiger charge is -2.35.